The third-order valence-electron chi connectivity index (χ3n) is 5.17. The van der Waals surface area contributed by atoms with E-state index in [1.54, 1.807) is 19.1 Å². The van der Waals surface area contributed by atoms with Gasteiger partial charge in [0.2, 0.25) is 5.91 Å². The Labute approximate surface area is 178 Å². The summed E-state index contributed by atoms with van der Waals surface area (Å²) < 4.78 is 11.4. The number of halogens is 2. The fourth-order valence-corrected chi connectivity index (χ4v) is 4.42. The van der Waals surface area contributed by atoms with Gasteiger partial charge in [0.1, 0.15) is 5.75 Å². The maximum atomic E-state index is 12.7. The number of benzene rings is 1. The van der Waals surface area contributed by atoms with Gasteiger partial charge in [-0.2, -0.15) is 0 Å². The fourth-order valence-electron chi connectivity index (χ4n) is 3.38. The Morgan fingerprint density at radius 2 is 1.93 bits per heavy atom. The van der Waals surface area contributed by atoms with Crippen molar-refractivity contribution in [3.63, 3.8) is 0 Å². The van der Waals surface area contributed by atoms with Gasteiger partial charge in [-0.25, -0.2) is 0 Å². The predicted octanol–water partition coefficient (Wildman–Crippen LogP) is 4.31. The molecule has 5 nitrogen and oxygen atoms in total. The molecule has 0 aromatic heterocycles. The van der Waals surface area contributed by atoms with Crippen LogP contribution in [0.25, 0.3) is 0 Å². The van der Waals surface area contributed by atoms with Crippen molar-refractivity contribution in [3.05, 3.63) is 28.2 Å². The van der Waals surface area contributed by atoms with Crippen LogP contribution in [0.5, 0.6) is 5.75 Å². The zero-order chi connectivity index (χ0) is 21.2. The minimum Gasteiger partial charge on any atom is -0.425 e. The Balaban J connectivity index is 2.13. The number of carbonyl (C=O) groups excluding carboxylic acids is 2. The van der Waals surface area contributed by atoms with E-state index in [0.717, 1.165) is 0 Å². The molecule has 1 saturated heterocycles. The molecule has 0 bridgehead atoms. The van der Waals surface area contributed by atoms with E-state index in [1.807, 2.05) is 0 Å². The molecule has 28 heavy (non-hydrogen) atoms. The van der Waals surface area contributed by atoms with Crippen LogP contribution < -0.4 is 10.1 Å². The number of hydrogen-bond donors (Lipinski definition) is 1. The SMILES string of the molecule is C[C@@H](C(=O)Oc1ccc(Cl)cc1Cl)[C@H]1NC(=O)[C@H]1[C@@H](CO[SiH](C)C)C(C)(C)C. The van der Waals surface area contributed by atoms with E-state index in [-0.39, 0.29) is 40.0 Å². The first-order chi connectivity index (χ1) is 12.9. The van der Waals surface area contributed by atoms with Crippen LogP contribution in [0.2, 0.25) is 23.1 Å². The third-order valence-corrected chi connectivity index (χ3v) is 6.56. The molecule has 1 fully saturated rings. The molecule has 0 spiro atoms. The number of amides is 1. The van der Waals surface area contributed by atoms with Gasteiger partial charge in [-0.1, -0.05) is 44.0 Å². The van der Waals surface area contributed by atoms with Gasteiger partial charge in [0.05, 0.1) is 22.9 Å². The zero-order valence-corrected chi connectivity index (χ0v) is 19.9. The van der Waals surface area contributed by atoms with Gasteiger partial charge in [0.25, 0.3) is 0 Å². The second kappa shape index (κ2) is 9.16. The Morgan fingerprint density at radius 3 is 2.43 bits per heavy atom. The van der Waals surface area contributed by atoms with Crippen molar-refractivity contribution in [2.45, 2.75) is 46.8 Å². The lowest BCUT2D eigenvalue weighted by molar-refractivity contribution is -0.151. The zero-order valence-electron chi connectivity index (χ0n) is 17.2. The molecular formula is C20H29Cl2NO4Si. The molecule has 1 amide bonds. The quantitative estimate of drug-likeness (QED) is 0.293. The molecule has 0 saturated carbocycles. The van der Waals surface area contributed by atoms with Gasteiger partial charge in [0, 0.05) is 11.6 Å². The molecule has 8 heteroatoms. The average Bonchev–Trinajstić information content (AvgIpc) is 2.56. The van der Waals surface area contributed by atoms with Crippen LogP contribution in [0.4, 0.5) is 0 Å². The smallest absolute Gasteiger partial charge is 0.316 e. The first-order valence-corrected chi connectivity index (χ1v) is 13.0. The molecule has 156 valence electrons. The molecule has 1 aromatic carbocycles. The van der Waals surface area contributed by atoms with E-state index in [2.05, 4.69) is 39.2 Å². The van der Waals surface area contributed by atoms with Crippen LogP contribution in [0, 0.1) is 23.2 Å². The van der Waals surface area contributed by atoms with Gasteiger partial charge in [-0.15, -0.1) is 0 Å². The number of rotatable bonds is 7. The Morgan fingerprint density at radius 1 is 1.29 bits per heavy atom. The number of esters is 1. The molecule has 1 aliphatic heterocycles. The highest BCUT2D eigenvalue weighted by Crippen LogP contribution is 2.40. The summed E-state index contributed by atoms with van der Waals surface area (Å²) in [4.78, 5) is 25.1. The highest BCUT2D eigenvalue weighted by Gasteiger charge is 2.52. The molecule has 0 aliphatic carbocycles. The molecule has 0 radical (unpaired) electrons. The summed E-state index contributed by atoms with van der Waals surface area (Å²) >= 11 is 12.0. The van der Waals surface area contributed by atoms with Crippen molar-refractivity contribution in [1.29, 1.82) is 0 Å². The first-order valence-electron chi connectivity index (χ1n) is 9.50. The lowest BCUT2D eigenvalue weighted by Crippen LogP contribution is -2.66. The van der Waals surface area contributed by atoms with Crippen molar-refractivity contribution in [2.24, 2.45) is 23.2 Å². The lowest BCUT2D eigenvalue weighted by Gasteiger charge is -2.48. The van der Waals surface area contributed by atoms with E-state index in [4.69, 9.17) is 32.4 Å². The number of ether oxygens (including phenoxy) is 1. The Bertz CT molecular complexity index is 735. The third kappa shape index (κ3) is 5.50. The number of β-lactam (4-membered cyclic amide) rings is 1. The van der Waals surface area contributed by atoms with Crippen molar-refractivity contribution in [1.82, 2.24) is 5.32 Å². The second-order valence-electron chi connectivity index (χ2n) is 8.70. The summed E-state index contributed by atoms with van der Waals surface area (Å²) in [6, 6.07) is 4.39. The van der Waals surface area contributed by atoms with Crippen molar-refractivity contribution in [2.75, 3.05) is 6.61 Å². The van der Waals surface area contributed by atoms with Crippen LogP contribution >= 0.6 is 23.2 Å². The first kappa shape index (κ1) is 23.2. The van der Waals surface area contributed by atoms with Gasteiger partial charge in [-0.05, 0) is 49.5 Å². The monoisotopic (exact) mass is 445 g/mol. The van der Waals surface area contributed by atoms with E-state index in [1.165, 1.54) is 6.07 Å². The minimum atomic E-state index is -1.22. The van der Waals surface area contributed by atoms with Crippen LogP contribution in [0.3, 0.4) is 0 Å². The van der Waals surface area contributed by atoms with Crippen LogP contribution in [0.1, 0.15) is 27.7 Å². The topological polar surface area (TPSA) is 64.6 Å². The maximum absolute atomic E-state index is 12.7. The van der Waals surface area contributed by atoms with E-state index in [9.17, 15) is 9.59 Å². The van der Waals surface area contributed by atoms with Crippen LogP contribution in [-0.2, 0) is 14.0 Å². The van der Waals surface area contributed by atoms with Crippen molar-refractivity contribution < 1.29 is 18.8 Å². The summed E-state index contributed by atoms with van der Waals surface area (Å²) in [6.07, 6.45) is 0. The van der Waals surface area contributed by atoms with Gasteiger partial charge in [-0.3, -0.25) is 9.59 Å². The summed E-state index contributed by atoms with van der Waals surface area (Å²) in [5.74, 6) is -1.03. The maximum Gasteiger partial charge on any atom is 0.316 e. The van der Waals surface area contributed by atoms with Crippen molar-refractivity contribution in [3.8, 4) is 5.75 Å². The molecule has 1 aromatic rings. The molecule has 1 aliphatic rings. The Hall–Kier alpha value is -1.08. The predicted molar refractivity (Wildman–Crippen MR) is 114 cm³/mol. The van der Waals surface area contributed by atoms with Crippen LogP contribution in [0.15, 0.2) is 18.2 Å². The fraction of sp³-hybridized carbons (Fsp3) is 0.600. The average molecular weight is 446 g/mol. The summed E-state index contributed by atoms with van der Waals surface area (Å²) in [5, 5.41) is 3.62. The van der Waals surface area contributed by atoms with E-state index in [0.29, 0.717) is 11.6 Å². The summed E-state index contributed by atoms with van der Waals surface area (Å²) in [6.45, 7) is 12.8. The van der Waals surface area contributed by atoms with E-state index >= 15 is 0 Å². The highest BCUT2D eigenvalue weighted by atomic mass is 35.5. The molecule has 0 unspecified atom stereocenters. The molecule has 1 N–H and O–H groups in total. The minimum absolute atomic E-state index is 0.00974. The lowest BCUT2D eigenvalue weighted by atomic mass is 9.65. The Kier molecular flexibility index (Phi) is 7.59. The largest absolute Gasteiger partial charge is 0.425 e. The van der Waals surface area contributed by atoms with E-state index < -0.39 is 20.9 Å². The van der Waals surface area contributed by atoms with Crippen LogP contribution in [-0.4, -0.2) is 33.6 Å². The second-order valence-corrected chi connectivity index (χ2v) is 12.0. The van der Waals surface area contributed by atoms with Crippen molar-refractivity contribution >= 4 is 44.1 Å². The standard InChI is InChI=1S/C20H29Cl2NO4Si/c1-11(19(25)27-15-8-7-12(21)9-14(15)22)17-16(18(24)23-17)13(20(2,3)4)10-26-28(5)6/h7-9,11,13,16-17,28H,10H2,1-6H3,(H,23,24)/t11-,13-,16+,17-/m1/s1. The number of carbonyl (C=O) groups is 2. The summed E-state index contributed by atoms with van der Waals surface area (Å²) in [5.41, 5.74) is -0.132. The normalized spacial score (nSPS) is 21.7. The van der Waals surface area contributed by atoms with Gasteiger partial charge >= 0.3 is 5.97 Å². The molecule has 4 atom stereocenters. The molecule has 2 rings (SSSR count). The summed E-state index contributed by atoms with van der Waals surface area (Å²) in [7, 11) is -1.22. The molecule has 1 heterocycles. The van der Waals surface area contributed by atoms with Gasteiger partial charge < -0.3 is 14.5 Å². The number of nitrogens with one attached hydrogen (secondary N) is 1. The highest BCUT2D eigenvalue weighted by molar-refractivity contribution is 6.48. The number of hydrogen-bond acceptors (Lipinski definition) is 4. The van der Waals surface area contributed by atoms with Gasteiger partial charge in [0.15, 0.2) is 9.04 Å². The molecular weight excluding hydrogens is 417 g/mol.